The lowest BCUT2D eigenvalue weighted by Crippen LogP contribution is -2.17. The second-order valence-electron chi connectivity index (χ2n) is 7.45. The quantitative estimate of drug-likeness (QED) is 0.424. The van der Waals surface area contributed by atoms with Gasteiger partial charge in [-0.1, -0.05) is 31.4 Å². The van der Waals surface area contributed by atoms with E-state index >= 15 is 0 Å². The first-order valence-corrected chi connectivity index (χ1v) is 12.2. The summed E-state index contributed by atoms with van der Waals surface area (Å²) >= 11 is 4.82. The average molecular weight is 510 g/mol. The van der Waals surface area contributed by atoms with E-state index in [4.69, 9.17) is 14.2 Å². The molecule has 1 aliphatic rings. The van der Waals surface area contributed by atoms with Gasteiger partial charge in [0.25, 0.3) is 0 Å². The van der Waals surface area contributed by atoms with Gasteiger partial charge in [0.05, 0.1) is 23.1 Å². The molecule has 0 spiro atoms. The largest absolute Gasteiger partial charge is 0.479 e. The van der Waals surface area contributed by atoms with Crippen molar-refractivity contribution in [3.63, 3.8) is 0 Å². The molecule has 1 saturated carbocycles. The minimum Gasteiger partial charge on any atom is -0.479 e. The number of rotatable bonds is 9. The highest BCUT2D eigenvalue weighted by atomic mass is 79.9. The van der Waals surface area contributed by atoms with Crippen LogP contribution in [0.15, 0.2) is 28.7 Å². The van der Waals surface area contributed by atoms with E-state index in [1.54, 1.807) is 6.92 Å². The zero-order valence-electron chi connectivity index (χ0n) is 17.9. The summed E-state index contributed by atoms with van der Waals surface area (Å²) in [7, 11) is 1.32. The molecule has 0 unspecified atom stereocenters. The highest BCUT2D eigenvalue weighted by Crippen LogP contribution is 2.46. The van der Waals surface area contributed by atoms with E-state index in [9.17, 15) is 9.59 Å². The van der Waals surface area contributed by atoms with Crippen molar-refractivity contribution in [1.29, 1.82) is 0 Å². The van der Waals surface area contributed by atoms with Gasteiger partial charge < -0.3 is 19.5 Å². The maximum Gasteiger partial charge on any atom is 0.351 e. The van der Waals surface area contributed by atoms with Crippen molar-refractivity contribution < 1.29 is 23.8 Å². The lowest BCUT2D eigenvalue weighted by molar-refractivity contribution is -0.145. The summed E-state index contributed by atoms with van der Waals surface area (Å²) in [5.41, 5.74) is 1.98. The van der Waals surface area contributed by atoms with Crippen LogP contribution in [0.2, 0.25) is 0 Å². The van der Waals surface area contributed by atoms with Crippen LogP contribution in [0, 0.1) is 5.92 Å². The summed E-state index contributed by atoms with van der Waals surface area (Å²) in [6.07, 6.45) is 6.56. The molecule has 168 valence electrons. The summed E-state index contributed by atoms with van der Waals surface area (Å²) in [6.45, 7) is 2.68. The molecule has 0 aliphatic heterocycles. The minimum atomic E-state index is -0.512. The molecule has 8 heteroatoms. The number of carbonyl (C=O) groups excluding carboxylic acids is 2. The zero-order valence-corrected chi connectivity index (χ0v) is 20.3. The Morgan fingerprint density at radius 3 is 2.71 bits per heavy atom. The van der Waals surface area contributed by atoms with Crippen LogP contribution in [-0.4, -0.2) is 38.8 Å². The molecule has 6 nitrogen and oxygen atoms in total. The number of hydrogen-bond acceptors (Lipinski definition) is 7. The number of thiophene rings is 1. The number of benzene rings is 1. The number of halogens is 1. The van der Waals surface area contributed by atoms with E-state index in [0.717, 1.165) is 28.6 Å². The van der Waals surface area contributed by atoms with Crippen LogP contribution in [-0.2, 0) is 14.3 Å². The van der Waals surface area contributed by atoms with Crippen molar-refractivity contribution in [3.05, 3.63) is 33.6 Å². The molecule has 3 rings (SSSR count). The first-order chi connectivity index (χ1) is 15.0. The van der Waals surface area contributed by atoms with Crippen molar-refractivity contribution in [2.75, 3.05) is 32.2 Å². The van der Waals surface area contributed by atoms with Gasteiger partial charge >= 0.3 is 11.9 Å². The van der Waals surface area contributed by atoms with E-state index in [1.807, 2.05) is 18.2 Å². The predicted octanol–water partition coefficient (Wildman–Crippen LogP) is 5.90. The van der Waals surface area contributed by atoms with Crippen LogP contribution < -0.4 is 10.1 Å². The van der Waals surface area contributed by atoms with E-state index in [0.29, 0.717) is 15.1 Å². The third kappa shape index (κ3) is 6.23. The lowest BCUT2D eigenvalue weighted by Gasteiger charge is -2.22. The van der Waals surface area contributed by atoms with Crippen molar-refractivity contribution in [2.24, 2.45) is 5.92 Å². The molecule has 1 aromatic carbocycles. The van der Waals surface area contributed by atoms with E-state index in [-0.39, 0.29) is 13.2 Å². The third-order valence-electron chi connectivity index (χ3n) is 5.26. The van der Waals surface area contributed by atoms with Gasteiger partial charge in [0.15, 0.2) is 17.2 Å². The lowest BCUT2D eigenvalue weighted by atomic mass is 9.89. The Kier molecular flexibility index (Phi) is 8.78. The van der Waals surface area contributed by atoms with Gasteiger partial charge in [-0.2, -0.15) is 0 Å². The molecule has 0 amide bonds. The van der Waals surface area contributed by atoms with Crippen molar-refractivity contribution in [2.45, 2.75) is 39.0 Å². The molecular weight excluding hydrogens is 482 g/mol. The number of carbonyl (C=O) groups is 2. The minimum absolute atomic E-state index is 0.267. The molecule has 1 aromatic heterocycles. The Morgan fingerprint density at radius 2 is 2.00 bits per heavy atom. The topological polar surface area (TPSA) is 73.9 Å². The van der Waals surface area contributed by atoms with Gasteiger partial charge in [-0.25, -0.2) is 9.59 Å². The van der Waals surface area contributed by atoms with Gasteiger partial charge in [-0.05, 0) is 59.3 Å². The van der Waals surface area contributed by atoms with Gasteiger partial charge in [-0.3, -0.25) is 0 Å². The Morgan fingerprint density at radius 1 is 1.23 bits per heavy atom. The van der Waals surface area contributed by atoms with Gasteiger partial charge in [0.1, 0.15) is 0 Å². The SMILES string of the molecule is CCOC(=O)COc1c(C(=O)OC)sc(-c2cccc(NCC3CCCCC3)c2)c1Br. The fourth-order valence-corrected chi connectivity index (χ4v) is 5.66. The highest BCUT2D eigenvalue weighted by molar-refractivity contribution is 9.10. The van der Waals surface area contributed by atoms with Crippen LogP contribution in [0.1, 0.15) is 48.7 Å². The molecule has 1 N–H and O–H groups in total. The smallest absolute Gasteiger partial charge is 0.351 e. The predicted molar refractivity (Wildman–Crippen MR) is 126 cm³/mol. The van der Waals surface area contributed by atoms with E-state index in [1.165, 1.54) is 50.6 Å². The van der Waals surface area contributed by atoms with Crippen molar-refractivity contribution in [1.82, 2.24) is 0 Å². The molecule has 1 aliphatic carbocycles. The molecule has 0 radical (unpaired) electrons. The number of ether oxygens (including phenoxy) is 3. The third-order valence-corrected chi connectivity index (χ3v) is 7.48. The van der Waals surface area contributed by atoms with Gasteiger partial charge in [-0.15, -0.1) is 11.3 Å². The second kappa shape index (κ2) is 11.5. The molecule has 0 atom stereocenters. The van der Waals surface area contributed by atoms with E-state index in [2.05, 4.69) is 27.3 Å². The standard InChI is InChI=1S/C23H28BrNO5S/c1-3-29-18(26)14-30-20-19(24)21(31-22(20)23(27)28-2)16-10-7-11-17(12-16)25-13-15-8-5-4-6-9-15/h7,10-12,15,25H,3-6,8-9,13-14H2,1-2H3. The Labute approximate surface area is 195 Å². The monoisotopic (exact) mass is 509 g/mol. The molecule has 0 saturated heterocycles. The zero-order chi connectivity index (χ0) is 22.2. The summed E-state index contributed by atoms with van der Waals surface area (Å²) in [5.74, 6) is 0.00872. The van der Waals surface area contributed by atoms with Gasteiger partial charge in [0, 0.05) is 12.2 Å². The fraction of sp³-hybridized carbons (Fsp3) is 0.478. The maximum atomic E-state index is 12.3. The van der Waals surface area contributed by atoms with Crippen LogP contribution >= 0.6 is 27.3 Å². The van der Waals surface area contributed by atoms with Crippen molar-refractivity contribution >= 4 is 44.9 Å². The molecule has 1 fully saturated rings. The molecule has 2 aromatic rings. The number of hydrogen-bond donors (Lipinski definition) is 1. The summed E-state index contributed by atoms with van der Waals surface area (Å²) in [5, 5.41) is 3.56. The maximum absolute atomic E-state index is 12.3. The normalized spacial score (nSPS) is 14.2. The summed E-state index contributed by atoms with van der Waals surface area (Å²) in [6, 6.07) is 8.09. The summed E-state index contributed by atoms with van der Waals surface area (Å²) < 4.78 is 16.1. The molecule has 31 heavy (non-hydrogen) atoms. The Hall–Kier alpha value is -2.06. The van der Waals surface area contributed by atoms with Crippen LogP contribution in [0.25, 0.3) is 10.4 Å². The van der Waals surface area contributed by atoms with Crippen LogP contribution in [0.4, 0.5) is 5.69 Å². The Balaban J connectivity index is 1.80. The average Bonchev–Trinajstić information content (AvgIpc) is 3.13. The molecule has 1 heterocycles. The molecular formula is C23H28BrNO5S. The first kappa shape index (κ1) is 23.6. The first-order valence-electron chi connectivity index (χ1n) is 10.6. The summed E-state index contributed by atoms with van der Waals surface area (Å²) in [4.78, 5) is 25.2. The number of methoxy groups -OCH3 is 1. The van der Waals surface area contributed by atoms with Crippen LogP contribution in [0.3, 0.4) is 0 Å². The molecule has 0 bridgehead atoms. The Bertz CT molecular complexity index is 907. The highest BCUT2D eigenvalue weighted by Gasteiger charge is 2.25. The fourth-order valence-electron chi connectivity index (χ4n) is 3.70. The number of esters is 2. The van der Waals surface area contributed by atoms with E-state index < -0.39 is 11.9 Å². The number of anilines is 1. The van der Waals surface area contributed by atoms with Gasteiger partial charge in [0.2, 0.25) is 0 Å². The number of nitrogens with one attached hydrogen (secondary N) is 1. The second-order valence-corrected chi connectivity index (χ2v) is 9.27. The van der Waals surface area contributed by atoms with Crippen molar-refractivity contribution in [3.8, 4) is 16.2 Å². The van der Waals surface area contributed by atoms with Crippen LogP contribution in [0.5, 0.6) is 5.75 Å².